The minimum Gasteiger partial charge on any atom is -0.486 e. The van der Waals surface area contributed by atoms with Gasteiger partial charge in [-0.15, -0.1) is 0 Å². The minimum atomic E-state index is 0.566. The maximum Gasteiger partial charge on any atom is 0.171 e. The Kier molecular flexibility index (Phi) is 2.37. The van der Waals surface area contributed by atoms with Crippen molar-refractivity contribution in [3.8, 4) is 22.6 Å². The summed E-state index contributed by atoms with van der Waals surface area (Å²) in [5.74, 6) is 1.52. The summed E-state index contributed by atoms with van der Waals surface area (Å²) in [6.07, 6.45) is 0. The van der Waals surface area contributed by atoms with Crippen LogP contribution < -0.4 is 15.2 Å². The zero-order valence-corrected chi connectivity index (χ0v) is 9.35. The quantitative estimate of drug-likeness (QED) is 0.762. The average molecular weight is 227 g/mol. The molecular formula is C14H13NO2. The van der Waals surface area contributed by atoms with Crippen molar-refractivity contribution in [3.63, 3.8) is 0 Å². The lowest BCUT2D eigenvalue weighted by atomic mass is 10.0. The standard InChI is InChI=1S/C14H13NO2/c15-11-6-7-12-14(17-9-8-16-12)13(11)10-4-2-1-3-5-10/h1-7H,8-9,15H2. The van der Waals surface area contributed by atoms with Crippen LogP contribution in [0.25, 0.3) is 11.1 Å². The number of nitrogen functional groups attached to an aromatic ring is 1. The summed E-state index contributed by atoms with van der Waals surface area (Å²) in [7, 11) is 0. The number of nitrogens with two attached hydrogens (primary N) is 1. The Morgan fingerprint density at radius 2 is 1.65 bits per heavy atom. The van der Waals surface area contributed by atoms with E-state index in [2.05, 4.69) is 0 Å². The highest BCUT2D eigenvalue weighted by atomic mass is 16.6. The molecule has 0 radical (unpaired) electrons. The van der Waals surface area contributed by atoms with Crippen molar-refractivity contribution in [3.05, 3.63) is 42.5 Å². The molecule has 0 atom stereocenters. The second kappa shape index (κ2) is 4.01. The molecule has 86 valence electrons. The van der Waals surface area contributed by atoms with E-state index in [9.17, 15) is 0 Å². The van der Waals surface area contributed by atoms with Crippen molar-refractivity contribution in [1.29, 1.82) is 0 Å². The molecule has 3 rings (SSSR count). The molecule has 0 aliphatic carbocycles. The largest absolute Gasteiger partial charge is 0.486 e. The predicted octanol–water partition coefficient (Wildman–Crippen LogP) is 2.71. The molecule has 1 aliphatic heterocycles. The molecule has 0 amide bonds. The van der Waals surface area contributed by atoms with Gasteiger partial charge in [0.15, 0.2) is 11.5 Å². The van der Waals surface area contributed by atoms with E-state index in [1.807, 2.05) is 42.5 Å². The van der Waals surface area contributed by atoms with E-state index in [1.54, 1.807) is 0 Å². The highest BCUT2D eigenvalue weighted by Gasteiger charge is 2.19. The smallest absolute Gasteiger partial charge is 0.171 e. The van der Waals surface area contributed by atoms with Gasteiger partial charge in [0, 0.05) is 5.69 Å². The van der Waals surface area contributed by atoms with Gasteiger partial charge in [-0.25, -0.2) is 0 Å². The summed E-state index contributed by atoms with van der Waals surface area (Å²) >= 11 is 0. The molecule has 0 fully saturated rings. The van der Waals surface area contributed by atoms with Crippen molar-refractivity contribution in [1.82, 2.24) is 0 Å². The van der Waals surface area contributed by atoms with Crippen molar-refractivity contribution in [2.24, 2.45) is 0 Å². The number of hydrogen-bond donors (Lipinski definition) is 1. The summed E-state index contributed by atoms with van der Waals surface area (Å²) in [5.41, 5.74) is 8.72. The van der Waals surface area contributed by atoms with Crippen molar-refractivity contribution in [2.45, 2.75) is 0 Å². The van der Waals surface area contributed by atoms with Crippen LogP contribution in [0.1, 0.15) is 0 Å². The van der Waals surface area contributed by atoms with E-state index in [0.717, 1.165) is 22.6 Å². The van der Waals surface area contributed by atoms with Gasteiger partial charge in [-0.05, 0) is 17.7 Å². The first-order valence-electron chi connectivity index (χ1n) is 5.60. The third kappa shape index (κ3) is 1.69. The highest BCUT2D eigenvalue weighted by Crippen LogP contribution is 2.43. The van der Waals surface area contributed by atoms with Crippen molar-refractivity contribution >= 4 is 5.69 Å². The lowest BCUT2D eigenvalue weighted by molar-refractivity contribution is 0.172. The fraction of sp³-hybridized carbons (Fsp3) is 0.143. The lowest BCUT2D eigenvalue weighted by Crippen LogP contribution is -2.16. The molecule has 2 aromatic rings. The van der Waals surface area contributed by atoms with Crippen LogP contribution in [-0.4, -0.2) is 13.2 Å². The third-order valence-corrected chi connectivity index (χ3v) is 2.80. The van der Waals surface area contributed by atoms with Crippen LogP contribution in [0.3, 0.4) is 0 Å². The summed E-state index contributed by atoms with van der Waals surface area (Å²) in [6, 6.07) is 13.7. The molecular weight excluding hydrogens is 214 g/mol. The Bertz CT molecular complexity index is 537. The van der Waals surface area contributed by atoms with Gasteiger partial charge in [-0.3, -0.25) is 0 Å². The molecule has 2 aromatic carbocycles. The van der Waals surface area contributed by atoms with E-state index in [4.69, 9.17) is 15.2 Å². The van der Waals surface area contributed by atoms with Gasteiger partial charge in [0.05, 0.1) is 5.56 Å². The van der Waals surface area contributed by atoms with Gasteiger partial charge in [-0.1, -0.05) is 30.3 Å². The number of benzene rings is 2. The number of rotatable bonds is 1. The number of hydrogen-bond acceptors (Lipinski definition) is 3. The first-order valence-corrected chi connectivity index (χ1v) is 5.60. The Balaban J connectivity index is 2.21. The molecule has 1 heterocycles. The Morgan fingerprint density at radius 3 is 2.47 bits per heavy atom. The second-order valence-corrected chi connectivity index (χ2v) is 3.92. The normalized spacial score (nSPS) is 13.4. The molecule has 0 aromatic heterocycles. The van der Waals surface area contributed by atoms with Crippen molar-refractivity contribution < 1.29 is 9.47 Å². The van der Waals surface area contributed by atoms with Gasteiger partial charge >= 0.3 is 0 Å². The van der Waals surface area contributed by atoms with Crippen molar-refractivity contribution in [2.75, 3.05) is 18.9 Å². The molecule has 0 saturated heterocycles. The zero-order chi connectivity index (χ0) is 11.7. The zero-order valence-electron chi connectivity index (χ0n) is 9.35. The Labute approximate surface area is 99.8 Å². The molecule has 3 heteroatoms. The molecule has 0 saturated carbocycles. The molecule has 1 aliphatic rings. The van der Waals surface area contributed by atoms with Gasteiger partial charge in [-0.2, -0.15) is 0 Å². The summed E-state index contributed by atoms with van der Waals surface area (Å²) < 4.78 is 11.2. The monoisotopic (exact) mass is 227 g/mol. The lowest BCUT2D eigenvalue weighted by Gasteiger charge is -2.22. The molecule has 3 nitrogen and oxygen atoms in total. The van der Waals surface area contributed by atoms with E-state index < -0.39 is 0 Å². The first-order chi connectivity index (χ1) is 8.36. The summed E-state index contributed by atoms with van der Waals surface area (Å²) in [4.78, 5) is 0. The number of ether oxygens (including phenoxy) is 2. The van der Waals surface area contributed by atoms with Gasteiger partial charge in [0.2, 0.25) is 0 Å². The van der Waals surface area contributed by atoms with E-state index in [1.165, 1.54) is 0 Å². The second-order valence-electron chi connectivity index (χ2n) is 3.92. The highest BCUT2D eigenvalue weighted by molar-refractivity contribution is 5.84. The molecule has 17 heavy (non-hydrogen) atoms. The van der Waals surface area contributed by atoms with Gasteiger partial charge in [0.25, 0.3) is 0 Å². The van der Waals surface area contributed by atoms with Gasteiger partial charge in [0.1, 0.15) is 13.2 Å². The molecule has 0 spiro atoms. The minimum absolute atomic E-state index is 0.566. The van der Waals surface area contributed by atoms with Crippen LogP contribution in [0, 0.1) is 0 Å². The maximum atomic E-state index is 6.04. The first kappa shape index (κ1) is 10.0. The fourth-order valence-corrected chi connectivity index (χ4v) is 2.03. The Hall–Kier alpha value is -2.16. The van der Waals surface area contributed by atoms with E-state index >= 15 is 0 Å². The van der Waals surface area contributed by atoms with E-state index in [0.29, 0.717) is 18.9 Å². The number of anilines is 1. The van der Waals surface area contributed by atoms with Crippen LogP contribution >= 0.6 is 0 Å². The summed E-state index contributed by atoms with van der Waals surface area (Å²) in [5, 5.41) is 0. The maximum absolute atomic E-state index is 6.04. The summed E-state index contributed by atoms with van der Waals surface area (Å²) in [6.45, 7) is 1.15. The van der Waals surface area contributed by atoms with Crippen LogP contribution in [0.4, 0.5) is 5.69 Å². The van der Waals surface area contributed by atoms with Crippen LogP contribution in [0.15, 0.2) is 42.5 Å². The number of fused-ring (bicyclic) bond motifs is 1. The van der Waals surface area contributed by atoms with Crippen LogP contribution in [-0.2, 0) is 0 Å². The van der Waals surface area contributed by atoms with Crippen LogP contribution in [0.5, 0.6) is 11.5 Å². The van der Waals surface area contributed by atoms with Gasteiger partial charge < -0.3 is 15.2 Å². The third-order valence-electron chi connectivity index (χ3n) is 2.80. The molecule has 0 bridgehead atoms. The Morgan fingerprint density at radius 1 is 0.882 bits per heavy atom. The average Bonchev–Trinajstić information content (AvgIpc) is 2.39. The topological polar surface area (TPSA) is 44.5 Å². The SMILES string of the molecule is Nc1ccc2c(c1-c1ccccc1)OCCO2. The van der Waals surface area contributed by atoms with Crippen LogP contribution in [0.2, 0.25) is 0 Å². The molecule has 2 N–H and O–H groups in total. The molecule has 0 unspecified atom stereocenters. The van der Waals surface area contributed by atoms with E-state index in [-0.39, 0.29) is 0 Å². The predicted molar refractivity (Wildman–Crippen MR) is 67.3 cm³/mol. The fourth-order valence-electron chi connectivity index (χ4n) is 2.03.